The van der Waals surface area contributed by atoms with Crippen LogP contribution in [0.4, 0.5) is 14.0 Å². The van der Waals surface area contributed by atoms with Crippen LogP contribution < -0.4 is 16.0 Å². The fraction of sp³-hybridized carbons (Fsp3) is 0.639. The number of allylic oxidation sites excluding steroid dienone is 1. The SMILES string of the molecule is CC(C)(C)OC(=O)N[C@H]1CCCCC/C=C\[C@@H]2C[C@@]2(C(=O)NCC2(O)CC2)NC(=O)[C@@H]2C[C@@H](OC(=O)N3Cc4cccc(F)c4C3)CN2C1=O. The van der Waals surface area contributed by atoms with E-state index in [0.29, 0.717) is 43.2 Å². The Kier molecular flexibility index (Phi) is 9.86. The maximum absolute atomic E-state index is 14.4. The minimum atomic E-state index is -1.26. The summed E-state index contributed by atoms with van der Waals surface area (Å²) in [5, 5.41) is 18.8. The molecule has 2 aliphatic carbocycles. The number of fused-ring (bicyclic) bond motifs is 3. The third-order valence-electron chi connectivity index (χ3n) is 10.2. The number of alkyl carbamates (subject to hydrolysis) is 1. The van der Waals surface area contributed by atoms with E-state index in [-0.39, 0.29) is 38.5 Å². The lowest BCUT2D eigenvalue weighted by molar-refractivity contribution is -0.141. The average Bonchev–Trinajstić information content (AvgIpc) is 3.81. The van der Waals surface area contributed by atoms with Crippen molar-refractivity contribution in [1.29, 1.82) is 0 Å². The van der Waals surface area contributed by atoms with E-state index < -0.39 is 70.7 Å². The molecule has 5 atom stereocenters. The number of nitrogens with zero attached hydrogens (tertiary/aromatic N) is 2. The van der Waals surface area contributed by atoms with Gasteiger partial charge in [0.05, 0.1) is 18.7 Å². The number of amides is 5. The van der Waals surface area contributed by atoms with Gasteiger partial charge in [0.1, 0.15) is 35.1 Å². The molecule has 1 aromatic carbocycles. The van der Waals surface area contributed by atoms with Crippen molar-refractivity contribution in [3.8, 4) is 0 Å². The summed E-state index contributed by atoms with van der Waals surface area (Å²) in [5.41, 5.74) is -1.91. The highest BCUT2D eigenvalue weighted by Gasteiger charge is 2.61. The van der Waals surface area contributed by atoms with Crippen LogP contribution in [0.2, 0.25) is 0 Å². The smallest absolute Gasteiger partial charge is 0.410 e. The number of hydrogen-bond donors (Lipinski definition) is 4. The molecule has 50 heavy (non-hydrogen) atoms. The molecule has 3 aliphatic heterocycles. The van der Waals surface area contributed by atoms with Crippen LogP contribution in [0.3, 0.4) is 0 Å². The number of nitrogens with one attached hydrogen (secondary N) is 3. The maximum Gasteiger partial charge on any atom is 0.410 e. The monoisotopic (exact) mass is 697 g/mol. The molecule has 3 fully saturated rings. The van der Waals surface area contributed by atoms with Crippen LogP contribution in [-0.2, 0) is 36.9 Å². The Hall–Kier alpha value is -4.20. The number of ether oxygens (including phenoxy) is 2. The number of carbonyl (C=O) groups is 5. The number of rotatable bonds is 5. The van der Waals surface area contributed by atoms with Gasteiger partial charge >= 0.3 is 12.2 Å². The molecule has 13 nitrogen and oxygen atoms in total. The molecule has 0 bridgehead atoms. The third-order valence-corrected chi connectivity index (χ3v) is 10.2. The molecule has 1 aromatic rings. The van der Waals surface area contributed by atoms with Crippen molar-refractivity contribution in [2.45, 2.75) is 127 Å². The Morgan fingerprint density at radius 3 is 2.62 bits per heavy atom. The van der Waals surface area contributed by atoms with Crippen molar-refractivity contribution in [2.75, 3.05) is 13.1 Å². The van der Waals surface area contributed by atoms with Gasteiger partial charge in [-0.3, -0.25) is 19.3 Å². The first kappa shape index (κ1) is 35.6. The van der Waals surface area contributed by atoms with E-state index in [0.717, 1.165) is 19.3 Å². The van der Waals surface area contributed by atoms with E-state index in [1.54, 1.807) is 32.9 Å². The van der Waals surface area contributed by atoms with Gasteiger partial charge in [-0.05, 0) is 70.9 Å². The minimum Gasteiger partial charge on any atom is -0.444 e. The summed E-state index contributed by atoms with van der Waals surface area (Å²) >= 11 is 0. The van der Waals surface area contributed by atoms with Gasteiger partial charge < -0.3 is 35.4 Å². The highest BCUT2D eigenvalue weighted by atomic mass is 19.1. The molecule has 3 heterocycles. The Labute approximate surface area is 291 Å². The standard InChI is InChI=1S/C36H48FN5O8/c1-34(2,3)50-32(46)39-27-13-8-6-4-5-7-11-23-17-36(23,31(45)38-21-35(48)14-15-35)40-29(43)28-16-24(19-42(28)30(27)44)49-33(47)41-18-22-10-9-12-26(37)25(22)20-41/h7,9-12,23-24,27-28,48H,4-6,8,13-21H2,1-3H3,(H,38,45)(H,39,46)(H,40,43)/b11-7-/t23-,24-,27+,28+,36-/m1/s1. The largest absolute Gasteiger partial charge is 0.444 e. The molecule has 14 heteroatoms. The fourth-order valence-corrected chi connectivity index (χ4v) is 7.07. The predicted molar refractivity (Wildman–Crippen MR) is 178 cm³/mol. The Morgan fingerprint density at radius 2 is 1.90 bits per heavy atom. The van der Waals surface area contributed by atoms with Crippen molar-refractivity contribution >= 4 is 29.9 Å². The average molecular weight is 698 g/mol. The Bertz CT molecular complexity index is 1560. The zero-order valence-electron chi connectivity index (χ0n) is 29.0. The summed E-state index contributed by atoms with van der Waals surface area (Å²) in [7, 11) is 0. The van der Waals surface area contributed by atoms with Gasteiger partial charge in [0.25, 0.3) is 0 Å². The second-order valence-corrected chi connectivity index (χ2v) is 15.4. The highest BCUT2D eigenvalue weighted by molar-refractivity contribution is 5.98. The van der Waals surface area contributed by atoms with Gasteiger partial charge in [0.15, 0.2) is 0 Å². The number of halogens is 1. The first-order chi connectivity index (χ1) is 23.7. The minimum absolute atomic E-state index is 0.0314. The number of aliphatic hydroxyl groups is 1. The van der Waals surface area contributed by atoms with Crippen LogP contribution in [0.5, 0.6) is 0 Å². The van der Waals surface area contributed by atoms with Crippen molar-refractivity contribution in [3.63, 3.8) is 0 Å². The normalized spacial score (nSPS) is 29.6. The van der Waals surface area contributed by atoms with Crippen LogP contribution in [0.25, 0.3) is 0 Å². The molecule has 0 radical (unpaired) electrons. The summed E-state index contributed by atoms with van der Waals surface area (Å²) < 4.78 is 25.7. The number of hydrogen-bond acceptors (Lipinski definition) is 8. The van der Waals surface area contributed by atoms with Crippen LogP contribution in [0.15, 0.2) is 30.4 Å². The van der Waals surface area contributed by atoms with Crippen molar-refractivity contribution in [3.05, 3.63) is 47.3 Å². The third kappa shape index (κ3) is 8.06. The summed E-state index contributed by atoms with van der Waals surface area (Å²) in [6.07, 6.45) is 6.33. The molecule has 0 unspecified atom stereocenters. The molecule has 4 N–H and O–H groups in total. The van der Waals surface area contributed by atoms with Crippen LogP contribution in [-0.4, -0.2) is 92.8 Å². The Balaban J connectivity index is 1.23. The van der Waals surface area contributed by atoms with Crippen molar-refractivity contribution in [2.24, 2.45) is 5.92 Å². The summed E-state index contributed by atoms with van der Waals surface area (Å²) in [5.74, 6) is -2.21. The maximum atomic E-state index is 14.4. The van der Waals surface area contributed by atoms with E-state index in [2.05, 4.69) is 16.0 Å². The second-order valence-electron chi connectivity index (χ2n) is 15.4. The quantitative estimate of drug-likeness (QED) is 0.341. The lowest BCUT2D eigenvalue weighted by Gasteiger charge is -2.30. The zero-order valence-corrected chi connectivity index (χ0v) is 29.0. The lowest BCUT2D eigenvalue weighted by atomic mass is 10.0. The number of carbonyl (C=O) groups excluding carboxylic acids is 5. The highest BCUT2D eigenvalue weighted by Crippen LogP contribution is 2.46. The van der Waals surface area contributed by atoms with Gasteiger partial charge in [-0.25, -0.2) is 14.0 Å². The van der Waals surface area contributed by atoms with Gasteiger partial charge in [0, 0.05) is 31.0 Å². The predicted octanol–water partition coefficient (Wildman–Crippen LogP) is 3.18. The molecular formula is C36H48FN5O8. The van der Waals surface area contributed by atoms with E-state index >= 15 is 0 Å². The summed E-state index contributed by atoms with van der Waals surface area (Å²) in [4.78, 5) is 70.9. The van der Waals surface area contributed by atoms with Crippen LogP contribution in [0.1, 0.15) is 89.7 Å². The molecule has 5 aliphatic rings. The van der Waals surface area contributed by atoms with E-state index in [9.17, 15) is 33.5 Å². The fourth-order valence-electron chi connectivity index (χ4n) is 7.07. The van der Waals surface area contributed by atoms with Gasteiger partial charge in [-0.1, -0.05) is 37.1 Å². The van der Waals surface area contributed by atoms with Crippen LogP contribution in [0, 0.1) is 11.7 Å². The first-order valence-corrected chi connectivity index (χ1v) is 17.7. The number of benzene rings is 1. The van der Waals surface area contributed by atoms with Gasteiger partial charge in [0.2, 0.25) is 17.7 Å². The Morgan fingerprint density at radius 1 is 1.12 bits per heavy atom. The van der Waals surface area contributed by atoms with E-state index in [1.165, 1.54) is 15.9 Å². The molecular weight excluding hydrogens is 649 g/mol. The van der Waals surface area contributed by atoms with Crippen LogP contribution >= 0.6 is 0 Å². The molecule has 2 saturated carbocycles. The van der Waals surface area contributed by atoms with Gasteiger partial charge in [-0.15, -0.1) is 0 Å². The van der Waals surface area contributed by atoms with E-state index in [4.69, 9.17) is 9.47 Å². The molecule has 272 valence electrons. The summed E-state index contributed by atoms with van der Waals surface area (Å²) in [6.45, 7) is 5.29. The second kappa shape index (κ2) is 13.8. The first-order valence-electron chi connectivity index (χ1n) is 17.7. The topological polar surface area (TPSA) is 167 Å². The molecule has 0 spiro atoms. The molecule has 5 amide bonds. The van der Waals surface area contributed by atoms with E-state index in [1.807, 2.05) is 12.2 Å². The molecule has 6 rings (SSSR count). The summed E-state index contributed by atoms with van der Waals surface area (Å²) in [6, 6.07) is 2.53. The van der Waals surface area contributed by atoms with Crippen molar-refractivity contribution in [1.82, 2.24) is 25.8 Å². The lowest BCUT2D eigenvalue weighted by Crippen LogP contribution is -2.58. The molecule has 0 aromatic heterocycles. The van der Waals surface area contributed by atoms with Gasteiger partial charge in [-0.2, -0.15) is 0 Å². The van der Waals surface area contributed by atoms with Crippen molar-refractivity contribution < 1.29 is 42.9 Å². The molecule has 1 saturated heterocycles. The zero-order chi connectivity index (χ0) is 35.8.